The van der Waals surface area contributed by atoms with E-state index in [-0.39, 0.29) is 24.4 Å². The van der Waals surface area contributed by atoms with E-state index in [9.17, 15) is 14.0 Å². The third-order valence-electron chi connectivity index (χ3n) is 5.06. The van der Waals surface area contributed by atoms with Crippen molar-refractivity contribution < 1.29 is 4.39 Å². The van der Waals surface area contributed by atoms with Gasteiger partial charge in [-0.3, -0.25) is 4.57 Å². The Balaban J connectivity index is 2.01. The van der Waals surface area contributed by atoms with Crippen molar-refractivity contribution in [3.8, 4) is 0 Å². The molecule has 31 heavy (non-hydrogen) atoms. The number of hydrogen-bond donors (Lipinski definition) is 1. The number of aryl methyl sites for hydroxylation is 1. The molecule has 7 heteroatoms. The summed E-state index contributed by atoms with van der Waals surface area (Å²) in [5.41, 5.74) is 1.59. The average molecular weight is 425 g/mol. The minimum absolute atomic E-state index is 0.161. The molecular formula is C24H29FN4O2. The smallest absolute Gasteiger partial charge is 0.325 e. The van der Waals surface area contributed by atoms with Gasteiger partial charge in [-0.25, -0.2) is 18.5 Å². The average Bonchev–Trinajstić information content (AvgIpc) is 2.70. The lowest BCUT2D eigenvalue weighted by molar-refractivity contribution is 0.497. The molecule has 0 bridgehead atoms. The number of nitrogens with zero attached hydrogens (tertiary/aromatic N) is 3. The number of anilines is 2. The van der Waals surface area contributed by atoms with Crippen LogP contribution in [-0.2, 0) is 13.0 Å². The molecule has 0 saturated heterocycles. The molecule has 0 radical (unpaired) electrons. The number of halogens is 1. The summed E-state index contributed by atoms with van der Waals surface area (Å²) in [6.45, 7) is 8.05. The van der Waals surface area contributed by atoms with Gasteiger partial charge in [-0.2, -0.15) is 4.98 Å². The van der Waals surface area contributed by atoms with E-state index in [1.807, 2.05) is 18.2 Å². The first kappa shape index (κ1) is 22.5. The molecule has 0 atom stereocenters. The summed E-state index contributed by atoms with van der Waals surface area (Å²) in [6.07, 6.45) is 2.01. The lowest BCUT2D eigenvalue weighted by atomic mass is 10.0. The molecular weight excluding hydrogens is 395 g/mol. The first-order valence-electron chi connectivity index (χ1n) is 10.6. The van der Waals surface area contributed by atoms with E-state index in [1.54, 1.807) is 26.0 Å². The lowest BCUT2D eigenvalue weighted by Gasteiger charge is -2.17. The Hall–Kier alpha value is -3.22. The van der Waals surface area contributed by atoms with Crippen molar-refractivity contribution in [3.05, 3.63) is 86.4 Å². The van der Waals surface area contributed by atoms with Crippen LogP contribution in [0.25, 0.3) is 0 Å². The van der Waals surface area contributed by atoms with Crippen molar-refractivity contribution in [2.24, 2.45) is 5.92 Å². The summed E-state index contributed by atoms with van der Waals surface area (Å²) in [4.78, 5) is 29.8. The molecule has 0 fully saturated rings. The Morgan fingerprint density at radius 2 is 1.71 bits per heavy atom. The number of hydrogen-bond acceptors (Lipinski definition) is 4. The van der Waals surface area contributed by atoms with E-state index in [2.05, 4.69) is 30.2 Å². The lowest BCUT2D eigenvalue weighted by Crippen LogP contribution is -2.43. The molecule has 0 saturated carbocycles. The minimum Gasteiger partial charge on any atom is -0.325 e. The van der Waals surface area contributed by atoms with Crippen LogP contribution in [0.4, 0.5) is 16.0 Å². The molecule has 6 nitrogen and oxygen atoms in total. The Morgan fingerprint density at radius 1 is 1.00 bits per heavy atom. The highest BCUT2D eigenvalue weighted by Gasteiger charge is 2.16. The van der Waals surface area contributed by atoms with Gasteiger partial charge in [0, 0.05) is 11.7 Å². The van der Waals surface area contributed by atoms with Crippen LogP contribution in [0.15, 0.2) is 58.1 Å². The Bertz CT molecular complexity index is 1150. The second-order valence-electron chi connectivity index (χ2n) is 8.43. The zero-order chi connectivity index (χ0) is 22.5. The van der Waals surface area contributed by atoms with Crippen LogP contribution in [0, 0.1) is 11.7 Å². The summed E-state index contributed by atoms with van der Waals surface area (Å²) in [7, 11) is 0. The second-order valence-corrected chi connectivity index (χ2v) is 8.43. The molecule has 3 aromatic rings. The van der Waals surface area contributed by atoms with Crippen LogP contribution in [0.5, 0.6) is 0 Å². The number of aromatic nitrogens is 3. The van der Waals surface area contributed by atoms with Crippen LogP contribution in [0.2, 0.25) is 0 Å². The first-order valence-corrected chi connectivity index (χ1v) is 10.6. The normalized spacial score (nSPS) is 11.3. The van der Waals surface area contributed by atoms with Gasteiger partial charge in [-0.15, -0.1) is 0 Å². The maximum atomic E-state index is 13.3. The summed E-state index contributed by atoms with van der Waals surface area (Å²) >= 11 is 0. The molecule has 0 spiro atoms. The third-order valence-corrected chi connectivity index (χ3v) is 5.06. The van der Waals surface area contributed by atoms with Crippen molar-refractivity contribution in [2.75, 3.05) is 5.32 Å². The van der Waals surface area contributed by atoms with Gasteiger partial charge in [0.05, 0.1) is 6.54 Å². The molecule has 2 aromatic carbocycles. The third kappa shape index (κ3) is 5.69. The van der Waals surface area contributed by atoms with E-state index in [0.717, 1.165) is 28.7 Å². The van der Waals surface area contributed by atoms with E-state index >= 15 is 0 Å². The van der Waals surface area contributed by atoms with Gasteiger partial charge >= 0.3 is 11.4 Å². The van der Waals surface area contributed by atoms with Gasteiger partial charge < -0.3 is 5.32 Å². The standard InChI is InChI=1S/C24H29FN4O2/c1-16(2)8-9-18-6-5-7-21(14-18)26-22-27-23(30)29(17(3)4)24(31)28(22)15-19-10-12-20(25)13-11-19/h5-7,10-14,16-17H,8-9,15H2,1-4H3,(H,26,27,30). The molecule has 1 N–H and O–H groups in total. The Labute approximate surface area is 181 Å². The maximum absolute atomic E-state index is 13.3. The summed E-state index contributed by atoms with van der Waals surface area (Å²) in [5.74, 6) is 0.415. The van der Waals surface area contributed by atoms with Gasteiger partial charge in [0.2, 0.25) is 5.95 Å². The maximum Gasteiger partial charge on any atom is 0.355 e. The van der Waals surface area contributed by atoms with E-state index in [0.29, 0.717) is 5.92 Å². The van der Waals surface area contributed by atoms with Crippen LogP contribution in [0.1, 0.15) is 51.3 Å². The monoisotopic (exact) mass is 424 g/mol. The fourth-order valence-electron chi connectivity index (χ4n) is 3.35. The largest absolute Gasteiger partial charge is 0.355 e. The molecule has 164 valence electrons. The predicted molar refractivity (Wildman–Crippen MR) is 122 cm³/mol. The van der Waals surface area contributed by atoms with Crippen molar-refractivity contribution in [3.63, 3.8) is 0 Å². The van der Waals surface area contributed by atoms with E-state index < -0.39 is 11.4 Å². The van der Waals surface area contributed by atoms with Gasteiger partial charge in [0.1, 0.15) is 5.82 Å². The fraction of sp³-hybridized carbons (Fsp3) is 0.375. The quantitative estimate of drug-likeness (QED) is 0.578. The number of rotatable bonds is 8. The topological polar surface area (TPSA) is 68.9 Å². The Morgan fingerprint density at radius 3 is 2.35 bits per heavy atom. The van der Waals surface area contributed by atoms with E-state index in [4.69, 9.17) is 0 Å². The molecule has 0 aliphatic rings. The highest BCUT2D eigenvalue weighted by Crippen LogP contribution is 2.18. The highest BCUT2D eigenvalue weighted by atomic mass is 19.1. The predicted octanol–water partition coefficient (Wildman–Crippen LogP) is 4.51. The van der Waals surface area contributed by atoms with Gasteiger partial charge in [0.25, 0.3) is 0 Å². The zero-order valence-corrected chi connectivity index (χ0v) is 18.4. The summed E-state index contributed by atoms with van der Waals surface area (Å²) in [5, 5.41) is 3.14. The molecule has 0 aliphatic carbocycles. The van der Waals surface area contributed by atoms with Crippen LogP contribution >= 0.6 is 0 Å². The molecule has 0 unspecified atom stereocenters. The Kier molecular flexibility index (Phi) is 7.05. The first-order chi connectivity index (χ1) is 14.7. The fourth-order valence-corrected chi connectivity index (χ4v) is 3.35. The van der Waals surface area contributed by atoms with Crippen molar-refractivity contribution in [2.45, 2.75) is 53.1 Å². The number of nitrogens with one attached hydrogen (secondary N) is 1. The number of benzene rings is 2. The van der Waals surface area contributed by atoms with Crippen molar-refractivity contribution in [1.82, 2.24) is 14.1 Å². The molecule has 1 heterocycles. The van der Waals surface area contributed by atoms with E-state index in [1.165, 1.54) is 22.3 Å². The SMILES string of the molecule is CC(C)CCc1cccc(Nc2nc(=O)n(C(C)C)c(=O)n2Cc2ccc(F)cc2)c1. The van der Waals surface area contributed by atoms with Gasteiger partial charge in [-0.05, 0) is 68.0 Å². The highest BCUT2D eigenvalue weighted by molar-refractivity contribution is 5.54. The van der Waals surface area contributed by atoms with Crippen molar-refractivity contribution in [1.29, 1.82) is 0 Å². The molecule has 1 aromatic heterocycles. The molecule has 0 amide bonds. The molecule has 0 aliphatic heterocycles. The molecule has 3 rings (SSSR count). The minimum atomic E-state index is -0.603. The van der Waals surface area contributed by atoms with Gasteiger partial charge in [0.15, 0.2) is 0 Å². The van der Waals surface area contributed by atoms with Gasteiger partial charge in [-0.1, -0.05) is 38.1 Å². The van der Waals surface area contributed by atoms with Crippen molar-refractivity contribution >= 4 is 11.6 Å². The van der Waals surface area contributed by atoms with Crippen LogP contribution < -0.4 is 16.7 Å². The van der Waals surface area contributed by atoms with Crippen LogP contribution in [-0.4, -0.2) is 14.1 Å². The summed E-state index contributed by atoms with van der Waals surface area (Å²) in [6, 6.07) is 13.5. The van der Waals surface area contributed by atoms with Crippen LogP contribution in [0.3, 0.4) is 0 Å². The summed E-state index contributed by atoms with van der Waals surface area (Å²) < 4.78 is 15.8. The second kappa shape index (κ2) is 9.73. The zero-order valence-electron chi connectivity index (χ0n) is 18.4.